The minimum atomic E-state index is 0.741. The van der Waals surface area contributed by atoms with Crippen molar-refractivity contribution in [3.8, 4) is 0 Å². The highest BCUT2D eigenvalue weighted by atomic mass is 15.4. The zero-order valence-electron chi connectivity index (χ0n) is 12.1. The maximum atomic E-state index is 4.26. The molecule has 1 fully saturated rings. The van der Waals surface area contributed by atoms with Crippen LogP contribution in [0.2, 0.25) is 0 Å². The maximum absolute atomic E-state index is 4.26. The van der Waals surface area contributed by atoms with Gasteiger partial charge in [-0.2, -0.15) is 5.10 Å². The van der Waals surface area contributed by atoms with Gasteiger partial charge in [-0.15, -0.1) is 5.10 Å². The molecule has 0 aliphatic carbocycles. The minimum Gasteiger partial charge on any atom is -0.303 e. The Morgan fingerprint density at radius 2 is 2.00 bits per heavy atom. The van der Waals surface area contributed by atoms with Crippen LogP contribution in [-0.2, 0) is 20.0 Å². The number of hydrogen-bond donors (Lipinski definition) is 0. The van der Waals surface area contributed by atoms with Gasteiger partial charge in [0, 0.05) is 38.0 Å². The molecule has 1 aliphatic heterocycles. The van der Waals surface area contributed by atoms with E-state index < -0.39 is 0 Å². The zero-order chi connectivity index (χ0) is 13.8. The smallest absolute Gasteiger partial charge is 0.0840 e. The van der Waals surface area contributed by atoms with Crippen molar-refractivity contribution >= 4 is 0 Å². The Morgan fingerprint density at radius 3 is 2.75 bits per heavy atom. The number of aromatic nitrogens is 5. The first-order chi connectivity index (χ1) is 9.79. The molecule has 0 unspecified atom stereocenters. The molecule has 3 rings (SSSR count). The van der Waals surface area contributed by atoms with Crippen molar-refractivity contribution in [2.75, 3.05) is 19.6 Å². The van der Waals surface area contributed by atoms with Gasteiger partial charge in [-0.25, -0.2) is 4.68 Å². The molecule has 0 amide bonds. The monoisotopic (exact) mass is 274 g/mol. The van der Waals surface area contributed by atoms with Crippen LogP contribution in [0, 0.1) is 0 Å². The summed E-state index contributed by atoms with van der Waals surface area (Å²) in [6.07, 6.45) is 11.0. The number of rotatable bonds is 5. The van der Waals surface area contributed by atoms with Gasteiger partial charge in [0.15, 0.2) is 0 Å². The number of likely N-dealkylation sites (tertiary alicyclic amines) is 1. The predicted octanol–water partition coefficient (Wildman–Crippen LogP) is 1.09. The van der Waals surface area contributed by atoms with E-state index in [1.807, 2.05) is 28.8 Å². The molecule has 0 radical (unpaired) electrons. The van der Waals surface area contributed by atoms with Gasteiger partial charge < -0.3 is 4.90 Å². The molecule has 1 aliphatic rings. The van der Waals surface area contributed by atoms with Gasteiger partial charge in [-0.05, 0) is 25.9 Å². The molecule has 108 valence electrons. The summed E-state index contributed by atoms with van der Waals surface area (Å²) in [4.78, 5) is 2.53. The van der Waals surface area contributed by atoms with Gasteiger partial charge >= 0.3 is 0 Å². The quantitative estimate of drug-likeness (QED) is 0.819. The number of nitrogens with zero attached hydrogens (tertiary/aromatic N) is 6. The summed E-state index contributed by atoms with van der Waals surface area (Å²) in [6, 6.07) is 0. The molecule has 0 saturated carbocycles. The van der Waals surface area contributed by atoms with Gasteiger partial charge in [0.05, 0.1) is 18.4 Å². The lowest BCUT2D eigenvalue weighted by Crippen LogP contribution is -2.31. The fraction of sp³-hybridized carbons (Fsp3) is 0.643. The molecular formula is C14H22N6. The van der Waals surface area contributed by atoms with Crippen LogP contribution in [0.4, 0.5) is 0 Å². The Labute approximate surface area is 119 Å². The van der Waals surface area contributed by atoms with E-state index in [0.717, 1.165) is 30.8 Å². The first kappa shape index (κ1) is 13.3. The maximum Gasteiger partial charge on any atom is 0.0840 e. The summed E-state index contributed by atoms with van der Waals surface area (Å²) >= 11 is 0. The summed E-state index contributed by atoms with van der Waals surface area (Å²) in [5, 5.41) is 12.6. The molecule has 6 nitrogen and oxygen atoms in total. The standard InChI is InChI=1S/C14H22N6/c1-18-10-13(9-15-18)11-20-12-14(16-17-20)5-8-19-6-3-2-4-7-19/h9-10,12H,2-8,11H2,1H3. The van der Waals surface area contributed by atoms with Gasteiger partial charge in [0.2, 0.25) is 0 Å². The number of hydrogen-bond acceptors (Lipinski definition) is 4. The second-order valence-electron chi connectivity index (χ2n) is 5.58. The topological polar surface area (TPSA) is 51.8 Å². The fourth-order valence-corrected chi connectivity index (χ4v) is 2.73. The Balaban J connectivity index is 1.51. The number of piperidine rings is 1. The normalized spacial score (nSPS) is 16.6. The van der Waals surface area contributed by atoms with Crippen molar-refractivity contribution in [2.45, 2.75) is 32.2 Å². The second-order valence-corrected chi connectivity index (χ2v) is 5.58. The fourth-order valence-electron chi connectivity index (χ4n) is 2.73. The highest BCUT2D eigenvalue weighted by molar-refractivity contribution is 5.05. The van der Waals surface area contributed by atoms with Crippen molar-refractivity contribution in [1.29, 1.82) is 0 Å². The van der Waals surface area contributed by atoms with Crippen LogP contribution in [0.25, 0.3) is 0 Å². The molecule has 0 aromatic carbocycles. The molecule has 20 heavy (non-hydrogen) atoms. The Bertz CT molecular complexity index is 537. The molecule has 6 heteroatoms. The van der Waals surface area contributed by atoms with Crippen LogP contribution in [0.5, 0.6) is 0 Å². The van der Waals surface area contributed by atoms with Crippen molar-refractivity contribution < 1.29 is 0 Å². The van der Waals surface area contributed by atoms with Crippen LogP contribution in [0.1, 0.15) is 30.5 Å². The lowest BCUT2D eigenvalue weighted by molar-refractivity contribution is 0.231. The summed E-state index contributed by atoms with van der Waals surface area (Å²) in [5.41, 5.74) is 2.24. The molecule has 1 saturated heterocycles. The van der Waals surface area contributed by atoms with E-state index in [2.05, 4.69) is 26.5 Å². The van der Waals surface area contributed by atoms with Crippen LogP contribution < -0.4 is 0 Å². The lowest BCUT2D eigenvalue weighted by Gasteiger charge is -2.25. The van der Waals surface area contributed by atoms with Gasteiger partial charge in [0.25, 0.3) is 0 Å². The zero-order valence-corrected chi connectivity index (χ0v) is 12.1. The lowest BCUT2D eigenvalue weighted by atomic mass is 10.1. The average molecular weight is 274 g/mol. The van der Waals surface area contributed by atoms with E-state index in [0.29, 0.717) is 0 Å². The Hall–Kier alpha value is -1.69. The molecular weight excluding hydrogens is 252 g/mol. The molecule has 0 N–H and O–H groups in total. The molecule has 3 heterocycles. The number of aryl methyl sites for hydroxylation is 1. The molecule has 2 aromatic heterocycles. The Morgan fingerprint density at radius 1 is 1.15 bits per heavy atom. The van der Waals surface area contributed by atoms with Crippen molar-refractivity contribution in [2.24, 2.45) is 7.05 Å². The third-order valence-electron chi connectivity index (χ3n) is 3.82. The summed E-state index contributed by atoms with van der Waals surface area (Å²) in [7, 11) is 1.93. The molecule has 0 atom stereocenters. The van der Waals surface area contributed by atoms with E-state index in [4.69, 9.17) is 0 Å². The van der Waals surface area contributed by atoms with E-state index in [9.17, 15) is 0 Å². The Kier molecular flexibility index (Phi) is 4.11. The summed E-state index contributed by atoms with van der Waals surface area (Å²) in [6.45, 7) is 4.32. The summed E-state index contributed by atoms with van der Waals surface area (Å²) in [5.74, 6) is 0. The predicted molar refractivity (Wildman–Crippen MR) is 76.3 cm³/mol. The SMILES string of the molecule is Cn1cc(Cn2cc(CCN3CCCCC3)nn2)cn1. The molecule has 0 bridgehead atoms. The second kappa shape index (κ2) is 6.17. The van der Waals surface area contributed by atoms with Crippen molar-refractivity contribution in [3.63, 3.8) is 0 Å². The van der Waals surface area contributed by atoms with Gasteiger partial charge in [0.1, 0.15) is 0 Å². The van der Waals surface area contributed by atoms with Crippen LogP contribution in [0.3, 0.4) is 0 Å². The van der Waals surface area contributed by atoms with E-state index >= 15 is 0 Å². The van der Waals surface area contributed by atoms with Crippen LogP contribution >= 0.6 is 0 Å². The van der Waals surface area contributed by atoms with Gasteiger partial charge in [-0.1, -0.05) is 11.6 Å². The summed E-state index contributed by atoms with van der Waals surface area (Å²) < 4.78 is 3.70. The highest BCUT2D eigenvalue weighted by Crippen LogP contribution is 2.09. The van der Waals surface area contributed by atoms with Crippen LogP contribution in [0.15, 0.2) is 18.6 Å². The first-order valence-electron chi connectivity index (χ1n) is 7.38. The van der Waals surface area contributed by atoms with E-state index in [1.54, 1.807) is 0 Å². The molecule has 0 spiro atoms. The first-order valence-corrected chi connectivity index (χ1v) is 7.38. The van der Waals surface area contributed by atoms with E-state index in [1.165, 1.54) is 32.4 Å². The average Bonchev–Trinajstić information content (AvgIpc) is 3.08. The van der Waals surface area contributed by atoms with E-state index in [-0.39, 0.29) is 0 Å². The third-order valence-corrected chi connectivity index (χ3v) is 3.82. The van der Waals surface area contributed by atoms with Gasteiger partial charge in [-0.3, -0.25) is 4.68 Å². The third kappa shape index (κ3) is 3.45. The largest absolute Gasteiger partial charge is 0.303 e. The van der Waals surface area contributed by atoms with Crippen LogP contribution in [-0.4, -0.2) is 49.3 Å². The minimum absolute atomic E-state index is 0.741. The highest BCUT2D eigenvalue weighted by Gasteiger charge is 2.11. The van der Waals surface area contributed by atoms with Crippen molar-refractivity contribution in [3.05, 3.63) is 29.8 Å². The molecule has 2 aromatic rings. The van der Waals surface area contributed by atoms with Crippen molar-refractivity contribution in [1.82, 2.24) is 29.7 Å².